The lowest BCUT2D eigenvalue weighted by atomic mass is 10.0. The van der Waals surface area contributed by atoms with E-state index in [2.05, 4.69) is 77.4 Å². The van der Waals surface area contributed by atoms with Crippen LogP contribution in [0.5, 0.6) is 5.75 Å². The normalized spacial score (nSPS) is 17.1. The van der Waals surface area contributed by atoms with Crippen molar-refractivity contribution in [2.75, 3.05) is 32.8 Å². The number of rotatable bonds is 5. The van der Waals surface area contributed by atoms with Crippen LogP contribution >= 0.6 is 0 Å². The number of benzene rings is 1. The summed E-state index contributed by atoms with van der Waals surface area (Å²) in [5.74, 6) is 3.46. The van der Waals surface area contributed by atoms with Gasteiger partial charge in [-0.05, 0) is 64.8 Å². The van der Waals surface area contributed by atoms with Crippen molar-refractivity contribution in [3.05, 3.63) is 35.3 Å². The number of piperazine rings is 1. The monoisotopic (exact) mass is 463 g/mol. The summed E-state index contributed by atoms with van der Waals surface area (Å²) in [6.07, 6.45) is 2.10. The van der Waals surface area contributed by atoms with Crippen LogP contribution in [-0.2, 0) is 13.1 Å². The number of aromatic nitrogens is 5. The van der Waals surface area contributed by atoms with Crippen molar-refractivity contribution in [3.63, 3.8) is 0 Å². The highest BCUT2D eigenvalue weighted by Crippen LogP contribution is 2.36. The molecular weight excluding hydrogens is 426 g/mol. The highest BCUT2D eigenvalue weighted by atomic mass is 16.5. The molecule has 34 heavy (non-hydrogen) atoms. The lowest BCUT2D eigenvalue weighted by Crippen LogP contribution is -2.48. The number of hydrogen-bond acceptors (Lipinski definition) is 6. The van der Waals surface area contributed by atoms with E-state index in [-0.39, 0.29) is 6.04 Å². The van der Waals surface area contributed by atoms with Gasteiger partial charge >= 0.3 is 0 Å². The van der Waals surface area contributed by atoms with E-state index in [9.17, 15) is 0 Å². The zero-order valence-corrected chi connectivity index (χ0v) is 21.4. The molecule has 2 aliphatic heterocycles. The smallest absolute Gasteiger partial charge is 0.178 e. The minimum absolute atomic E-state index is 0.221. The Morgan fingerprint density at radius 3 is 2.38 bits per heavy atom. The summed E-state index contributed by atoms with van der Waals surface area (Å²) >= 11 is 0. The fourth-order valence-corrected chi connectivity index (χ4v) is 5.00. The summed E-state index contributed by atoms with van der Waals surface area (Å²) < 4.78 is 10.3. The van der Waals surface area contributed by atoms with Gasteiger partial charge in [0.15, 0.2) is 5.82 Å². The van der Waals surface area contributed by atoms with Crippen molar-refractivity contribution in [2.24, 2.45) is 0 Å². The fraction of sp³-hybridized carbons (Fsp3) is 0.577. The summed E-state index contributed by atoms with van der Waals surface area (Å²) in [7, 11) is 0. The zero-order valence-electron chi connectivity index (χ0n) is 21.4. The molecule has 2 aliphatic rings. The van der Waals surface area contributed by atoms with Crippen LogP contribution in [0.25, 0.3) is 22.9 Å². The number of fused-ring (bicyclic) bond motifs is 3. The van der Waals surface area contributed by atoms with Crippen LogP contribution < -0.4 is 4.74 Å². The number of ether oxygens (including phenoxy) is 1. The second-order valence-corrected chi connectivity index (χ2v) is 10.2. The Hall–Kier alpha value is -2.71. The quantitative estimate of drug-likeness (QED) is 0.571. The van der Waals surface area contributed by atoms with Gasteiger partial charge in [-0.1, -0.05) is 0 Å². The lowest BCUT2D eigenvalue weighted by molar-refractivity contribution is 0.104. The van der Waals surface area contributed by atoms with Crippen LogP contribution in [0.2, 0.25) is 0 Å². The molecule has 4 heterocycles. The Labute approximate surface area is 202 Å². The molecular formula is C26H37N7O. The molecule has 2 aromatic heterocycles. The van der Waals surface area contributed by atoms with Gasteiger partial charge in [0.1, 0.15) is 29.7 Å². The standard InChI is InChI=1S/C26H37N7O/c1-17(2)31-9-7-30(8-10-31)15-21-14-22-24(13-19(21)5)34-12-11-32-16-23(28-25(22)32)26-27-20(6)29-33(26)18(3)4/h13-14,16-18H,7-12,15H2,1-6H3. The van der Waals surface area contributed by atoms with Gasteiger partial charge < -0.3 is 9.30 Å². The van der Waals surface area contributed by atoms with E-state index in [1.54, 1.807) is 0 Å². The van der Waals surface area contributed by atoms with E-state index in [4.69, 9.17) is 9.72 Å². The first kappa shape index (κ1) is 23.1. The number of imidazole rings is 1. The molecule has 0 aliphatic carbocycles. The summed E-state index contributed by atoms with van der Waals surface area (Å²) in [5.41, 5.74) is 4.56. The molecule has 1 aromatic carbocycles. The van der Waals surface area contributed by atoms with Crippen LogP contribution in [0.15, 0.2) is 18.3 Å². The molecule has 0 radical (unpaired) electrons. The molecule has 0 saturated carbocycles. The van der Waals surface area contributed by atoms with Gasteiger partial charge in [0.05, 0.1) is 12.1 Å². The van der Waals surface area contributed by atoms with Crippen molar-refractivity contribution in [2.45, 2.75) is 66.7 Å². The van der Waals surface area contributed by atoms with Crippen LogP contribution in [0.3, 0.4) is 0 Å². The first-order chi connectivity index (χ1) is 16.3. The number of hydrogen-bond donors (Lipinski definition) is 0. The molecule has 0 unspecified atom stereocenters. The third-order valence-electron chi connectivity index (χ3n) is 7.03. The second kappa shape index (κ2) is 9.15. The van der Waals surface area contributed by atoms with E-state index in [1.165, 1.54) is 11.1 Å². The van der Waals surface area contributed by atoms with E-state index in [0.717, 1.165) is 73.7 Å². The molecule has 0 bridgehead atoms. The molecule has 3 aromatic rings. The molecule has 1 fully saturated rings. The van der Waals surface area contributed by atoms with Crippen molar-refractivity contribution in [3.8, 4) is 28.7 Å². The molecule has 0 N–H and O–H groups in total. The van der Waals surface area contributed by atoms with E-state index < -0.39 is 0 Å². The highest BCUT2D eigenvalue weighted by Gasteiger charge is 2.25. The van der Waals surface area contributed by atoms with E-state index >= 15 is 0 Å². The Kier molecular flexibility index (Phi) is 6.20. The van der Waals surface area contributed by atoms with Crippen LogP contribution in [0, 0.1) is 13.8 Å². The van der Waals surface area contributed by atoms with Gasteiger partial charge in [-0.25, -0.2) is 14.6 Å². The minimum atomic E-state index is 0.221. The zero-order chi connectivity index (χ0) is 24.0. The van der Waals surface area contributed by atoms with Crippen LogP contribution in [0.1, 0.15) is 50.7 Å². The number of nitrogens with zero attached hydrogens (tertiary/aromatic N) is 7. The lowest BCUT2D eigenvalue weighted by Gasteiger charge is -2.37. The molecule has 0 atom stereocenters. The van der Waals surface area contributed by atoms with Crippen LogP contribution in [-0.4, -0.2) is 72.9 Å². The van der Waals surface area contributed by atoms with Gasteiger partial charge in [-0.3, -0.25) is 9.80 Å². The predicted octanol–water partition coefficient (Wildman–Crippen LogP) is 3.92. The van der Waals surface area contributed by atoms with Crippen molar-refractivity contribution in [1.29, 1.82) is 0 Å². The Morgan fingerprint density at radius 1 is 0.912 bits per heavy atom. The third-order valence-corrected chi connectivity index (χ3v) is 7.03. The first-order valence-corrected chi connectivity index (χ1v) is 12.5. The topological polar surface area (TPSA) is 64.2 Å². The largest absolute Gasteiger partial charge is 0.491 e. The maximum atomic E-state index is 6.15. The van der Waals surface area contributed by atoms with E-state index in [1.807, 2.05) is 11.6 Å². The predicted molar refractivity (Wildman–Crippen MR) is 134 cm³/mol. The molecule has 8 heteroatoms. The first-order valence-electron chi connectivity index (χ1n) is 12.5. The molecule has 182 valence electrons. The average Bonchev–Trinajstić information content (AvgIpc) is 3.35. The average molecular weight is 464 g/mol. The van der Waals surface area contributed by atoms with Gasteiger partial charge in [0.25, 0.3) is 0 Å². The molecule has 0 amide bonds. The summed E-state index contributed by atoms with van der Waals surface area (Å²) in [6, 6.07) is 5.33. The summed E-state index contributed by atoms with van der Waals surface area (Å²) in [4.78, 5) is 14.9. The Morgan fingerprint density at radius 2 is 1.68 bits per heavy atom. The number of aryl methyl sites for hydroxylation is 2. The van der Waals surface area contributed by atoms with Crippen molar-refractivity contribution in [1.82, 2.24) is 34.1 Å². The van der Waals surface area contributed by atoms with Crippen molar-refractivity contribution < 1.29 is 4.74 Å². The molecule has 8 nitrogen and oxygen atoms in total. The minimum Gasteiger partial charge on any atom is -0.491 e. The van der Waals surface area contributed by atoms with E-state index in [0.29, 0.717) is 12.6 Å². The maximum Gasteiger partial charge on any atom is 0.178 e. The van der Waals surface area contributed by atoms with Crippen LogP contribution in [0.4, 0.5) is 0 Å². The fourth-order valence-electron chi connectivity index (χ4n) is 5.00. The Bertz CT molecular complexity index is 1170. The van der Waals surface area contributed by atoms with Gasteiger partial charge in [-0.15, -0.1) is 0 Å². The van der Waals surface area contributed by atoms with Crippen molar-refractivity contribution >= 4 is 0 Å². The van der Waals surface area contributed by atoms with Gasteiger partial charge in [0.2, 0.25) is 0 Å². The van der Waals surface area contributed by atoms with Gasteiger partial charge in [-0.2, -0.15) is 5.10 Å². The highest BCUT2D eigenvalue weighted by molar-refractivity contribution is 5.70. The SMILES string of the molecule is Cc1nc(-c2cn3c(n2)-c2cc(CN4CCN(C(C)C)CC4)c(C)cc2OCC3)n(C(C)C)n1. The van der Waals surface area contributed by atoms with Gasteiger partial charge in [0, 0.05) is 51.0 Å². The Balaban J connectivity index is 1.47. The third kappa shape index (κ3) is 4.36. The summed E-state index contributed by atoms with van der Waals surface area (Å²) in [5, 5.41) is 4.59. The summed E-state index contributed by atoms with van der Waals surface area (Å²) in [6.45, 7) is 19.8. The molecule has 5 rings (SSSR count). The second-order valence-electron chi connectivity index (χ2n) is 10.2. The maximum absolute atomic E-state index is 6.15. The molecule has 1 saturated heterocycles. The molecule has 0 spiro atoms.